The number of aromatic amines is 1. The second-order valence-corrected chi connectivity index (χ2v) is 2.20. The number of nitrogens with one attached hydrogen (secondary N) is 1. The van der Waals surface area contributed by atoms with Gasteiger partial charge < -0.3 is 5.11 Å². The highest BCUT2D eigenvalue weighted by atomic mass is 19.4. The SMILES string of the molecule is O=C(O)c1n[nH]c(CC(F)(F)F)n1. The van der Waals surface area contributed by atoms with Crippen LogP contribution in [0.4, 0.5) is 13.2 Å². The van der Waals surface area contributed by atoms with Crippen molar-refractivity contribution in [3.63, 3.8) is 0 Å². The Balaban J connectivity index is 2.75. The van der Waals surface area contributed by atoms with Crippen molar-refractivity contribution in [2.45, 2.75) is 12.6 Å². The van der Waals surface area contributed by atoms with Gasteiger partial charge >= 0.3 is 12.1 Å². The van der Waals surface area contributed by atoms with Gasteiger partial charge in [0.1, 0.15) is 12.2 Å². The van der Waals surface area contributed by atoms with Crippen molar-refractivity contribution in [2.24, 2.45) is 0 Å². The van der Waals surface area contributed by atoms with E-state index in [0.29, 0.717) is 0 Å². The van der Waals surface area contributed by atoms with Gasteiger partial charge in [0.05, 0.1) is 0 Å². The molecule has 0 aliphatic heterocycles. The first-order valence-corrected chi connectivity index (χ1v) is 3.10. The average molecular weight is 195 g/mol. The van der Waals surface area contributed by atoms with Crippen molar-refractivity contribution >= 4 is 5.97 Å². The zero-order chi connectivity index (χ0) is 10.1. The Morgan fingerprint density at radius 1 is 1.54 bits per heavy atom. The second-order valence-electron chi connectivity index (χ2n) is 2.20. The minimum atomic E-state index is -4.42. The van der Waals surface area contributed by atoms with Crippen LogP contribution in [0.3, 0.4) is 0 Å². The monoisotopic (exact) mass is 195 g/mol. The van der Waals surface area contributed by atoms with Gasteiger partial charge in [-0.3, -0.25) is 5.10 Å². The van der Waals surface area contributed by atoms with Crippen LogP contribution >= 0.6 is 0 Å². The van der Waals surface area contributed by atoms with Crippen LogP contribution in [0.15, 0.2) is 0 Å². The van der Waals surface area contributed by atoms with E-state index in [2.05, 4.69) is 10.1 Å². The minimum Gasteiger partial charge on any atom is -0.475 e. The number of hydrogen-bond donors (Lipinski definition) is 2. The van der Waals surface area contributed by atoms with Gasteiger partial charge in [0.15, 0.2) is 0 Å². The number of aromatic carboxylic acids is 1. The molecule has 1 rings (SSSR count). The number of H-pyrrole nitrogens is 1. The van der Waals surface area contributed by atoms with Crippen LogP contribution < -0.4 is 0 Å². The fourth-order valence-electron chi connectivity index (χ4n) is 0.660. The van der Waals surface area contributed by atoms with Crippen LogP contribution in [0.1, 0.15) is 16.4 Å². The molecular formula is C5H4F3N3O2. The minimum absolute atomic E-state index is 0.509. The van der Waals surface area contributed by atoms with E-state index in [4.69, 9.17) is 5.11 Å². The molecule has 0 bridgehead atoms. The maximum atomic E-state index is 11.7. The van der Waals surface area contributed by atoms with E-state index >= 15 is 0 Å². The Morgan fingerprint density at radius 3 is 2.54 bits per heavy atom. The summed E-state index contributed by atoms with van der Waals surface area (Å²) in [4.78, 5) is 13.3. The third-order valence-electron chi connectivity index (χ3n) is 1.09. The van der Waals surface area contributed by atoms with Crippen LogP contribution in [0.2, 0.25) is 0 Å². The summed E-state index contributed by atoms with van der Waals surface area (Å²) in [5, 5.41) is 13.2. The van der Waals surface area contributed by atoms with Crippen molar-refractivity contribution in [1.29, 1.82) is 0 Å². The summed E-state index contributed by atoms with van der Waals surface area (Å²) in [5.74, 6) is -2.64. The fourth-order valence-corrected chi connectivity index (χ4v) is 0.660. The van der Waals surface area contributed by atoms with E-state index in [1.54, 1.807) is 0 Å². The predicted octanol–water partition coefficient (Wildman–Crippen LogP) is 0.608. The van der Waals surface area contributed by atoms with Gasteiger partial charge in [-0.2, -0.15) is 13.2 Å². The molecule has 5 nitrogen and oxygen atoms in total. The van der Waals surface area contributed by atoms with Crippen LogP contribution in [0.5, 0.6) is 0 Å². The van der Waals surface area contributed by atoms with Crippen LogP contribution in [0, 0.1) is 0 Å². The number of nitrogens with zero attached hydrogens (tertiary/aromatic N) is 2. The van der Waals surface area contributed by atoms with Crippen molar-refractivity contribution in [3.05, 3.63) is 11.6 Å². The number of alkyl halides is 3. The molecule has 0 spiro atoms. The first kappa shape index (κ1) is 9.49. The number of hydrogen-bond acceptors (Lipinski definition) is 3. The number of carboxylic acids is 1. The summed E-state index contributed by atoms with van der Waals surface area (Å²) < 4.78 is 35.1. The lowest BCUT2D eigenvalue weighted by molar-refractivity contribution is -0.128. The summed E-state index contributed by atoms with van der Waals surface area (Å²) in [6, 6.07) is 0. The standard InChI is InChI=1S/C5H4F3N3O2/c6-5(7,8)1-2-9-3(4(12)13)11-10-2/h1H2,(H,12,13)(H,9,10,11). The van der Waals surface area contributed by atoms with E-state index in [1.807, 2.05) is 5.10 Å². The van der Waals surface area contributed by atoms with Crippen molar-refractivity contribution in [2.75, 3.05) is 0 Å². The molecule has 0 amide bonds. The topological polar surface area (TPSA) is 78.9 Å². The van der Waals surface area contributed by atoms with E-state index in [0.717, 1.165) is 0 Å². The van der Waals surface area contributed by atoms with Crippen LogP contribution in [0.25, 0.3) is 0 Å². The first-order valence-electron chi connectivity index (χ1n) is 3.10. The van der Waals surface area contributed by atoms with Crippen molar-refractivity contribution in [3.8, 4) is 0 Å². The molecule has 0 aliphatic rings. The lowest BCUT2D eigenvalue weighted by atomic mass is 10.4. The molecule has 72 valence electrons. The Labute approximate surface area is 69.6 Å². The maximum Gasteiger partial charge on any atom is 0.396 e. The molecule has 0 fully saturated rings. The summed E-state index contributed by atoms with van der Waals surface area (Å²) in [5.41, 5.74) is 0. The van der Waals surface area contributed by atoms with Crippen molar-refractivity contribution in [1.82, 2.24) is 15.2 Å². The average Bonchev–Trinajstić information content (AvgIpc) is 2.31. The number of rotatable bonds is 2. The lowest BCUT2D eigenvalue weighted by Crippen LogP contribution is -2.12. The zero-order valence-electron chi connectivity index (χ0n) is 6.09. The van der Waals surface area contributed by atoms with Gasteiger partial charge in [0.25, 0.3) is 5.82 Å². The van der Waals surface area contributed by atoms with Gasteiger partial charge in [0.2, 0.25) is 0 Å². The second kappa shape index (κ2) is 3.04. The molecule has 1 heterocycles. The molecule has 13 heavy (non-hydrogen) atoms. The molecule has 0 saturated carbocycles. The quantitative estimate of drug-likeness (QED) is 0.724. The molecule has 0 aromatic carbocycles. The Hall–Kier alpha value is -1.60. The highest BCUT2D eigenvalue weighted by Gasteiger charge is 2.30. The largest absolute Gasteiger partial charge is 0.475 e. The van der Waals surface area contributed by atoms with Gasteiger partial charge in [-0.15, -0.1) is 5.10 Å². The highest BCUT2D eigenvalue weighted by molar-refractivity contribution is 5.82. The first-order chi connectivity index (χ1) is 5.88. The smallest absolute Gasteiger partial charge is 0.396 e. The molecule has 0 saturated heterocycles. The number of carboxylic acid groups (broad SMARTS) is 1. The predicted molar refractivity (Wildman–Crippen MR) is 33.1 cm³/mol. The molecular weight excluding hydrogens is 191 g/mol. The van der Waals surface area contributed by atoms with Gasteiger partial charge in [-0.05, 0) is 0 Å². The number of halogens is 3. The molecule has 8 heteroatoms. The van der Waals surface area contributed by atoms with Crippen LogP contribution in [-0.4, -0.2) is 32.4 Å². The number of carbonyl (C=O) groups is 1. The normalized spacial score (nSPS) is 11.6. The summed E-state index contributed by atoms with van der Waals surface area (Å²) in [6.45, 7) is 0. The third kappa shape index (κ3) is 2.73. The van der Waals surface area contributed by atoms with Gasteiger partial charge in [0, 0.05) is 0 Å². The molecule has 0 unspecified atom stereocenters. The Bertz CT molecular complexity index is 319. The Morgan fingerprint density at radius 2 is 2.15 bits per heavy atom. The van der Waals surface area contributed by atoms with E-state index in [9.17, 15) is 18.0 Å². The highest BCUT2D eigenvalue weighted by Crippen LogP contribution is 2.18. The summed E-state index contributed by atoms with van der Waals surface area (Å²) in [6.07, 6.45) is -5.73. The molecule has 2 N–H and O–H groups in total. The lowest BCUT2D eigenvalue weighted by Gasteiger charge is -2.00. The van der Waals surface area contributed by atoms with Gasteiger partial charge in [-0.1, -0.05) is 0 Å². The molecule has 0 atom stereocenters. The van der Waals surface area contributed by atoms with Gasteiger partial charge in [-0.25, -0.2) is 9.78 Å². The summed E-state index contributed by atoms with van der Waals surface area (Å²) in [7, 11) is 0. The maximum absolute atomic E-state index is 11.7. The summed E-state index contributed by atoms with van der Waals surface area (Å²) >= 11 is 0. The molecule has 0 radical (unpaired) electrons. The van der Waals surface area contributed by atoms with E-state index < -0.39 is 30.2 Å². The number of aromatic nitrogens is 3. The molecule has 0 aliphatic carbocycles. The van der Waals surface area contributed by atoms with E-state index in [1.165, 1.54) is 0 Å². The zero-order valence-corrected chi connectivity index (χ0v) is 6.09. The third-order valence-corrected chi connectivity index (χ3v) is 1.09. The van der Waals surface area contributed by atoms with Crippen molar-refractivity contribution < 1.29 is 23.1 Å². The molecule has 1 aromatic rings. The van der Waals surface area contributed by atoms with E-state index in [-0.39, 0.29) is 0 Å². The Kier molecular flexibility index (Phi) is 2.22. The van der Waals surface area contributed by atoms with Crippen LogP contribution in [-0.2, 0) is 6.42 Å². The fraction of sp³-hybridized carbons (Fsp3) is 0.400. The molecule has 1 aromatic heterocycles.